The Labute approximate surface area is 476 Å². The number of nitro groups is 2. The molecular weight excluding hydrogens is 1060 g/mol. The molecule has 7 rings (SSSR count). The first kappa shape index (κ1) is 66.7. The highest BCUT2D eigenvalue weighted by Crippen LogP contribution is 2.34. The molecule has 0 spiro atoms. The number of hydrogen-bond donors (Lipinski definition) is 6. The van der Waals surface area contributed by atoms with Crippen molar-refractivity contribution in [1.29, 1.82) is 0 Å². The maximum absolute atomic E-state index is 14.8. The van der Waals surface area contributed by atoms with E-state index in [-0.39, 0.29) is 23.7 Å². The molecule has 0 aliphatic carbocycles. The third-order valence-corrected chi connectivity index (χ3v) is 11.8. The van der Waals surface area contributed by atoms with Crippen molar-refractivity contribution in [2.24, 2.45) is 5.73 Å². The number of halogens is 4. The normalized spacial score (nSPS) is 10.1. The Morgan fingerprint density at radius 3 is 1.35 bits per heavy atom. The Balaban J connectivity index is 0.000000285. The van der Waals surface area contributed by atoms with Crippen LogP contribution >= 0.6 is 0 Å². The number of nitrogens with two attached hydrogens (primary N) is 4. The minimum atomic E-state index is -1.38. The molecule has 0 saturated carbocycles. The standard InChI is InChI=1S/C20H24FN3O2.C17H18FN3O2.C11H15N.C8H11N.C6H4F2N2O2/c1-4-12-24(13-15-8-6-14(3)7-9-15)17-11-10-16(19(22)18(17)21)23-20(25)26-5-2;1-3-10-20(11-13-6-4-12(2)5-7-13)14-8-9-15(21(22)23)17(19)16(14)18;1-3-8-12-9-11-6-4-10(2)5-7-11;1-7-2-4-8(6-9)5-3-7;7-3-1-2-4(10(11)12)6(9)5(3)8/h4,6-11H,1,5,12-13,22H2,2-3H3,(H,23,25);3-9H,1,10-11,19H2,2H3;3-7,12H,1,8-9H2,2H3;2-5H,6,9H2,1H3;1-2H,9H2. The van der Waals surface area contributed by atoms with E-state index in [9.17, 15) is 42.6 Å². The third-order valence-electron chi connectivity index (χ3n) is 11.8. The maximum atomic E-state index is 14.8. The Bertz CT molecular complexity index is 3200. The van der Waals surface area contributed by atoms with Gasteiger partial charge in [-0.25, -0.2) is 22.4 Å². The van der Waals surface area contributed by atoms with Crippen LogP contribution in [0.2, 0.25) is 0 Å². The molecule has 0 aromatic heterocycles. The third kappa shape index (κ3) is 21.6. The highest BCUT2D eigenvalue weighted by molar-refractivity contribution is 5.90. The Kier molecular flexibility index (Phi) is 28.1. The molecule has 0 saturated heterocycles. The van der Waals surface area contributed by atoms with Crippen LogP contribution in [-0.4, -0.2) is 42.2 Å². The zero-order valence-corrected chi connectivity index (χ0v) is 46.8. The maximum Gasteiger partial charge on any atom is 0.411 e. The van der Waals surface area contributed by atoms with Crippen LogP contribution in [0.15, 0.2) is 171 Å². The van der Waals surface area contributed by atoms with E-state index in [1.807, 2.05) is 73.4 Å². The number of nitrogens with zero attached hydrogens (tertiary/aromatic N) is 4. The van der Waals surface area contributed by atoms with Gasteiger partial charge in [-0.15, -0.1) is 19.7 Å². The van der Waals surface area contributed by atoms with Crippen molar-refractivity contribution in [2.45, 2.75) is 60.8 Å². The van der Waals surface area contributed by atoms with Crippen molar-refractivity contribution in [2.75, 3.05) is 58.6 Å². The summed E-state index contributed by atoms with van der Waals surface area (Å²) in [6, 6.07) is 39.9. The molecule has 0 radical (unpaired) electrons. The van der Waals surface area contributed by atoms with E-state index in [2.05, 4.69) is 92.7 Å². The second-order valence-corrected chi connectivity index (χ2v) is 18.2. The van der Waals surface area contributed by atoms with Gasteiger partial charge in [0.15, 0.2) is 23.3 Å². The number of carbonyl (C=O) groups excluding carboxylic acids is 1. The van der Waals surface area contributed by atoms with Gasteiger partial charge in [0, 0.05) is 57.9 Å². The summed E-state index contributed by atoms with van der Waals surface area (Å²) in [5.41, 5.74) is 29.5. The molecule has 0 bridgehead atoms. The number of carbonyl (C=O) groups is 1. The number of anilines is 6. The van der Waals surface area contributed by atoms with E-state index < -0.39 is 62.0 Å². The molecule has 1 amide bonds. The number of nitrogens with one attached hydrogen (secondary N) is 2. The van der Waals surface area contributed by atoms with Gasteiger partial charge in [-0.1, -0.05) is 138 Å². The summed E-state index contributed by atoms with van der Waals surface area (Å²) >= 11 is 0. The lowest BCUT2D eigenvalue weighted by Gasteiger charge is -2.25. The smallest absolute Gasteiger partial charge is 0.411 e. The largest absolute Gasteiger partial charge is 0.450 e. The summed E-state index contributed by atoms with van der Waals surface area (Å²) in [4.78, 5) is 34.5. The number of rotatable bonds is 19. The number of hydrogen-bond acceptors (Lipinski definition) is 13. The van der Waals surface area contributed by atoms with Gasteiger partial charge >= 0.3 is 6.09 Å². The second-order valence-electron chi connectivity index (χ2n) is 18.2. The highest BCUT2D eigenvalue weighted by atomic mass is 19.2. The lowest BCUT2D eigenvalue weighted by molar-refractivity contribution is -0.384. The molecular formula is C62H72F4N10O6. The Morgan fingerprint density at radius 2 is 0.951 bits per heavy atom. The number of nitrogen functional groups attached to an aromatic ring is 3. The van der Waals surface area contributed by atoms with E-state index >= 15 is 0 Å². The Morgan fingerprint density at radius 1 is 0.561 bits per heavy atom. The summed E-state index contributed by atoms with van der Waals surface area (Å²) in [6.45, 7) is 25.4. The number of aryl methyl sites for hydroxylation is 4. The first-order valence-electron chi connectivity index (χ1n) is 25.7. The second kappa shape index (κ2) is 34.5. The average Bonchev–Trinajstić information content (AvgIpc) is 3.52. The monoisotopic (exact) mass is 1130 g/mol. The van der Waals surface area contributed by atoms with Gasteiger partial charge in [-0.3, -0.25) is 25.5 Å². The van der Waals surface area contributed by atoms with E-state index in [1.165, 1.54) is 34.4 Å². The summed E-state index contributed by atoms with van der Waals surface area (Å²) < 4.78 is 59.0. The van der Waals surface area contributed by atoms with Crippen LogP contribution < -0.4 is 43.4 Å². The van der Waals surface area contributed by atoms with Crippen molar-refractivity contribution < 1.29 is 36.9 Å². The molecule has 0 unspecified atom stereocenters. The van der Waals surface area contributed by atoms with Gasteiger partial charge < -0.3 is 42.8 Å². The molecule has 7 aromatic rings. The summed E-state index contributed by atoms with van der Waals surface area (Å²) in [7, 11) is 0. The SMILES string of the molecule is C=CCN(Cc1ccc(C)cc1)c1ccc(NC(=O)OCC)c(N)c1F.C=CCN(Cc1ccc(C)cc1)c1ccc([N+](=O)[O-])c(N)c1F.C=CCNCc1ccc(C)cc1.Cc1ccc(CN)cc1.Nc1c([N+](=O)[O-])ccc(F)c1F. The van der Waals surface area contributed by atoms with Gasteiger partial charge in [-0.05, 0) is 81.1 Å². The van der Waals surface area contributed by atoms with Crippen LogP contribution in [-0.2, 0) is 30.9 Å². The fourth-order valence-corrected chi connectivity index (χ4v) is 7.29. The molecule has 0 aliphatic rings. The molecule has 0 fully saturated rings. The Hall–Kier alpha value is -9.53. The number of amides is 1. The van der Waals surface area contributed by atoms with E-state index in [1.54, 1.807) is 36.1 Å². The predicted octanol–water partition coefficient (Wildman–Crippen LogP) is 13.5. The summed E-state index contributed by atoms with van der Waals surface area (Å²) in [6.07, 6.45) is 4.54. The van der Waals surface area contributed by atoms with E-state index in [0.717, 1.165) is 41.4 Å². The van der Waals surface area contributed by atoms with Gasteiger partial charge in [0.05, 0.1) is 39.2 Å². The lowest BCUT2D eigenvalue weighted by atomic mass is 10.1. The molecule has 0 aliphatic heterocycles. The lowest BCUT2D eigenvalue weighted by Crippen LogP contribution is -2.24. The molecule has 82 heavy (non-hydrogen) atoms. The molecule has 434 valence electrons. The van der Waals surface area contributed by atoms with Gasteiger partial charge in [0.1, 0.15) is 11.4 Å². The zero-order valence-electron chi connectivity index (χ0n) is 46.8. The van der Waals surface area contributed by atoms with E-state index in [0.29, 0.717) is 44.5 Å². The van der Waals surface area contributed by atoms with Crippen molar-refractivity contribution in [3.05, 3.63) is 259 Å². The topological polar surface area (TPSA) is 247 Å². The molecule has 0 heterocycles. The predicted molar refractivity (Wildman–Crippen MR) is 323 cm³/mol. The average molecular weight is 1130 g/mol. The van der Waals surface area contributed by atoms with Crippen LogP contribution in [0.1, 0.15) is 51.4 Å². The molecule has 0 atom stereocenters. The molecule has 10 N–H and O–H groups in total. The number of benzene rings is 7. The van der Waals surface area contributed by atoms with Crippen molar-refractivity contribution >= 4 is 51.6 Å². The zero-order chi connectivity index (χ0) is 60.9. The molecule has 16 nitrogen and oxygen atoms in total. The fraction of sp³-hybridized carbons (Fsp3) is 0.210. The van der Waals surface area contributed by atoms with Crippen molar-refractivity contribution in [3.8, 4) is 0 Å². The fourth-order valence-electron chi connectivity index (χ4n) is 7.29. The van der Waals surface area contributed by atoms with Crippen LogP contribution in [0.25, 0.3) is 0 Å². The van der Waals surface area contributed by atoms with Crippen LogP contribution in [0, 0.1) is 71.2 Å². The summed E-state index contributed by atoms with van der Waals surface area (Å²) in [5.74, 6) is -3.95. The number of ether oxygens (including phenoxy) is 1. The van der Waals surface area contributed by atoms with Gasteiger partial charge in [-0.2, -0.15) is 0 Å². The highest BCUT2D eigenvalue weighted by Gasteiger charge is 2.22. The van der Waals surface area contributed by atoms with Crippen LogP contribution in [0.3, 0.4) is 0 Å². The van der Waals surface area contributed by atoms with Crippen molar-refractivity contribution in [3.63, 3.8) is 0 Å². The minimum absolute atomic E-state index is 0.131. The molecule has 7 aromatic carbocycles. The first-order valence-corrected chi connectivity index (χ1v) is 25.7. The van der Waals surface area contributed by atoms with Gasteiger partial charge in [0.2, 0.25) is 0 Å². The van der Waals surface area contributed by atoms with Crippen molar-refractivity contribution in [1.82, 2.24) is 5.32 Å². The molecule has 20 heteroatoms. The van der Waals surface area contributed by atoms with Crippen LogP contribution in [0.5, 0.6) is 0 Å². The van der Waals surface area contributed by atoms with E-state index in [4.69, 9.17) is 27.7 Å². The first-order chi connectivity index (χ1) is 39.1. The summed E-state index contributed by atoms with van der Waals surface area (Å²) in [5, 5.41) is 26.6. The minimum Gasteiger partial charge on any atom is -0.450 e. The quantitative estimate of drug-likeness (QED) is 0.0110. The number of nitro benzene ring substituents is 2. The van der Waals surface area contributed by atoms with Gasteiger partial charge in [0.25, 0.3) is 11.4 Å². The van der Waals surface area contributed by atoms with Crippen LogP contribution in [0.4, 0.5) is 67.9 Å².